The SMILES string of the molecule is Cc1nccnc1C(C)Nc1ccc2c(c1)NC(=O)CO2. The highest BCUT2D eigenvalue weighted by Gasteiger charge is 2.17. The average Bonchev–Trinajstić information content (AvgIpc) is 2.47. The van der Waals surface area contributed by atoms with Gasteiger partial charge in [-0.25, -0.2) is 0 Å². The third kappa shape index (κ3) is 2.79. The van der Waals surface area contributed by atoms with Crippen molar-refractivity contribution in [3.63, 3.8) is 0 Å². The lowest BCUT2D eigenvalue weighted by molar-refractivity contribution is -0.118. The predicted octanol–water partition coefficient (Wildman–Crippen LogP) is 2.29. The maximum Gasteiger partial charge on any atom is 0.262 e. The Kier molecular flexibility index (Phi) is 3.43. The Bertz CT molecular complexity index is 687. The summed E-state index contributed by atoms with van der Waals surface area (Å²) < 4.78 is 5.34. The van der Waals surface area contributed by atoms with Gasteiger partial charge in [0, 0.05) is 18.1 Å². The Morgan fingerprint density at radius 3 is 2.95 bits per heavy atom. The largest absolute Gasteiger partial charge is 0.482 e. The summed E-state index contributed by atoms with van der Waals surface area (Å²) in [7, 11) is 0. The second-order valence-electron chi connectivity index (χ2n) is 4.94. The van der Waals surface area contributed by atoms with Crippen molar-refractivity contribution in [2.45, 2.75) is 19.9 Å². The van der Waals surface area contributed by atoms with E-state index in [1.54, 1.807) is 12.4 Å². The molecule has 0 aliphatic carbocycles. The van der Waals surface area contributed by atoms with Gasteiger partial charge in [0.1, 0.15) is 5.75 Å². The summed E-state index contributed by atoms with van der Waals surface area (Å²) in [4.78, 5) is 19.9. The highest BCUT2D eigenvalue weighted by atomic mass is 16.5. The minimum Gasteiger partial charge on any atom is -0.482 e. The van der Waals surface area contributed by atoms with E-state index in [2.05, 4.69) is 20.6 Å². The smallest absolute Gasteiger partial charge is 0.262 e. The number of nitrogens with zero attached hydrogens (tertiary/aromatic N) is 2. The summed E-state index contributed by atoms with van der Waals surface area (Å²) in [6.07, 6.45) is 3.36. The number of carbonyl (C=O) groups is 1. The molecule has 0 spiro atoms. The van der Waals surface area contributed by atoms with Crippen LogP contribution in [0.2, 0.25) is 0 Å². The molecule has 1 aliphatic heterocycles. The van der Waals surface area contributed by atoms with Gasteiger partial charge in [-0.15, -0.1) is 0 Å². The normalized spacial score (nSPS) is 14.7. The number of nitrogens with one attached hydrogen (secondary N) is 2. The van der Waals surface area contributed by atoms with Crippen molar-refractivity contribution in [3.05, 3.63) is 42.0 Å². The van der Waals surface area contributed by atoms with Crippen LogP contribution in [0.25, 0.3) is 0 Å². The lowest BCUT2D eigenvalue weighted by Gasteiger charge is -2.21. The van der Waals surface area contributed by atoms with Gasteiger partial charge in [-0.2, -0.15) is 0 Å². The molecule has 1 amide bonds. The Balaban J connectivity index is 1.81. The molecule has 0 fully saturated rings. The fourth-order valence-corrected chi connectivity index (χ4v) is 2.33. The molecule has 1 aromatic heterocycles. The van der Waals surface area contributed by atoms with Crippen LogP contribution in [0, 0.1) is 6.92 Å². The summed E-state index contributed by atoms with van der Waals surface area (Å²) in [5, 5.41) is 6.15. The lowest BCUT2D eigenvalue weighted by atomic mass is 10.1. The molecule has 108 valence electrons. The zero-order valence-corrected chi connectivity index (χ0v) is 11.9. The van der Waals surface area contributed by atoms with Gasteiger partial charge in [0.25, 0.3) is 5.91 Å². The molecule has 0 saturated heterocycles. The third-order valence-electron chi connectivity index (χ3n) is 3.32. The van der Waals surface area contributed by atoms with E-state index in [-0.39, 0.29) is 18.6 Å². The Morgan fingerprint density at radius 1 is 1.33 bits per heavy atom. The maximum absolute atomic E-state index is 11.4. The van der Waals surface area contributed by atoms with Crippen molar-refractivity contribution >= 4 is 17.3 Å². The van der Waals surface area contributed by atoms with E-state index >= 15 is 0 Å². The Hall–Kier alpha value is -2.63. The molecule has 1 aromatic carbocycles. The topological polar surface area (TPSA) is 76.1 Å². The maximum atomic E-state index is 11.4. The molecule has 3 rings (SSSR count). The van der Waals surface area contributed by atoms with Crippen molar-refractivity contribution in [2.24, 2.45) is 0 Å². The number of aromatic nitrogens is 2. The Labute approximate surface area is 122 Å². The van der Waals surface area contributed by atoms with Crippen LogP contribution in [-0.4, -0.2) is 22.5 Å². The molecule has 2 N–H and O–H groups in total. The van der Waals surface area contributed by atoms with Crippen molar-refractivity contribution in [1.29, 1.82) is 0 Å². The van der Waals surface area contributed by atoms with E-state index in [1.807, 2.05) is 32.0 Å². The van der Waals surface area contributed by atoms with E-state index in [9.17, 15) is 4.79 Å². The molecule has 0 saturated carbocycles. The third-order valence-corrected chi connectivity index (χ3v) is 3.32. The number of hydrogen-bond acceptors (Lipinski definition) is 5. The number of benzene rings is 1. The first-order chi connectivity index (χ1) is 10.1. The molecule has 2 heterocycles. The number of fused-ring (bicyclic) bond motifs is 1. The second kappa shape index (κ2) is 5.40. The van der Waals surface area contributed by atoms with Gasteiger partial charge in [-0.05, 0) is 32.0 Å². The van der Waals surface area contributed by atoms with Crippen molar-refractivity contribution in [2.75, 3.05) is 17.2 Å². The van der Waals surface area contributed by atoms with Crippen LogP contribution < -0.4 is 15.4 Å². The molecule has 6 nitrogen and oxygen atoms in total. The molecular formula is C15H16N4O2. The molecule has 1 aliphatic rings. The van der Waals surface area contributed by atoms with Crippen LogP contribution in [0.3, 0.4) is 0 Å². The molecule has 2 aromatic rings. The van der Waals surface area contributed by atoms with Crippen molar-refractivity contribution in [3.8, 4) is 5.75 Å². The number of anilines is 2. The van der Waals surface area contributed by atoms with Crippen LogP contribution in [0.4, 0.5) is 11.4 Å². The van der Waals surface area contributed by atoms with E-state index in [4.69, 9.17) is 4.74 Å². The monoisotopic (exact) mass is 284 g/mol. The summed E-state index contributed by atoms with van der Waals surface area (Å²) in [5.41, 5.74) is 3.36. The van der Waals surface area contributed by atoms with Crippen LogP contribution in [0.1, 0.15) is 24.4 Å². The Morgan fingerprint density at radius 2 is 2.14 bits per heavy atom. The number of hydrogen-bond donors (Lipinski definition) is 2. The van der Waals surface area contributed by atoms with E-state index in [1.165, 1.54) is 0 Å². The number of carbonyl (C=O) groups excluding carboxylic acids is 1. The predicted molar refractivity (Wildman–Crippen MR) is 79.4 cm³/mol. The lowest BCUT2D eigenvalue weighted by Crippen LogP contribution is -2.25. The number of ether oxygens (including phenoxy) is 1. The van der Waals surface area contributed by atoms with Gasteiger partial charge in [-0.3, -0.25) is 14.8 Å². The first kappa shape index (κ1) is 13.4. The fraction of sp³-hybridized carbons (Fsp3) is 0.267. The zero-order valence-electron chi connectivity index (χ0n) is 11.9. The molecular weight excluding hydrogens is 268 g/mol. The van der Waals surface area contributed by atoms with E-state index < -0.39 is 0 Å². The average molecular weight is 284 g/mol. The summed E-state index contributed by atoms with van der Waals surface area (Å²) in [6, 6.07) is 5.62. The molecule has 0 radical (unpaired) electrons. The van der Waals surface area contributed by atoms with Gasteiger partial charge in [-0.1, -0.05) is 0 Å². The fourth-order valence-electron chi connectivity index (χ4n) is 2.33. The zero-order chi connectivity index (χ0) is 14.8. The summed E-state index contributed by atoms with van der Waals surface area (Å²) in [6.45, 7) is 4.02. The first-order valence-corrected chi connectivity index (χ1v) is 6.74. The van der Waals surface area contributed by atoms with Gasteiger partial charge >= 0.3 is 0 Å². The van der Waals surface area contributed by atoms with Gasteiger partial charge < -0.3 is 15.4 Å². The molecule has 6 heteroatoms. The van der Waals surface area contributed by atoms with Gasteiger partial charge in [0.15, 0.2) is 6.61 Å². The van der Waals surface area contributed by atoms with Crippen molar-refractivity contribution in [1.82, 2.24) is 9.97 Å². The standard InChI is InChI=1S/C15H16N4O2/c1-9-15(17-6-5-16-9)10(2)18-11-3-4-13-12(7-11)19-14(20)8-21-13/h3-7,10,18H,8H2,1-2H3,(H,19,20). The number of amides is 1. The second-order valence-corrected chi connectivity index (χ2v) is 4.94. The minimum atomic E-state index is -0.141. The van der Waals surface area contributed by atoms with Crippen LogP contribution in [0.15, 0.2) is 30.6 Å². The molecule has 21 heavy (non-hydrogen) atoms. The molecule has 1 unspecified atom stereocenters. The van der Waals surface area contributed by atoms with Gasteiger partial charge in [0.05, 0.1) is 23.1 Å². The highest BCUT2D eigenvalue weighted by Crippen LogP contribution is 2.31. The summed E-state index contributed by atoms with van der Waals surface area (Å²) in [5.74, 6) is 0.543. The first-order valence-electron chi connectivity index (χ1n) is 6.74. The van der Waals surface area contributed by atoms with E-state index in [0.717, 1.165) is 17.1 Å². The van der Waals surface area contributed by atoms with Crippen molar-refractivity contribution < 1.29 is 9.53 Å². The van der Waals surface area contributed by atoms with Gasteiger partial charge in [0.2, 0.25) is 0 Å². The molecule has 0 bridgehead atoms. The highest BCUT2D eigenvalue weighted by molar-refractivity contribution is 5.96. The van der Waals surface area contributed by atoms with Crippen LogP contribution in [-0.2, 0) is 4.79 Å². The number of aryl methyl sites for hydroxylation is 1. The molecule has 1 atom stereocenters. The minimum absolute atomic E-state index is 0.0111. The number of rotatable bonds is 3. The quantitative estimate of drug-likeness (QED) is 0.904. The summed E-state index contributed by atoms with van der Waals surface area (Å²) >= 11 is 0. The van der Waals surface area contributed by atoms with Crippen LogP contribution >= 0.6 is 0 Å². The van der Waals surface area contributed by atoms with E-state index in [0.29, 0.717) is 11.4 Å². The van der Waals surface area contributed by atoms with Crippen LogP contribution in [0.5, 0.6) is 5.75 Å².